The SMILES string of the molecule is CC(C)(C)C1=Cc2cc(C(C)(C)C)cc(C#N)c2C1.CC(C)(C)c1cc2[nH]ccc2cc1C(F)(F)F.CC(C)(C)c1cc2cc(C(C)(C)C)n(CCO)c2cc1F.CC(C)(C)c1cc2cc[nH]c2cc1C(C)(C)C.CC1(C2=Cc3cc(C(C)(C)C)c(F)cc3C2)CC1.CCCC(O)Cn1c(C(C)(C)C)cc2cc(C(C)(C)C)c(F)cc21.CCCC(O)Cn1c(C(C)(C)C)cc2cc(C(C)(C)C)ccc21. The molecule has 0 radical (unpaired) electrons. The minimum absolute atomic E-state index is 0.0446. The molecular formula is C124H172F6N6O3. The molecule has 0 spiro atoms. The van der Waals surface area contributed by atoms with E-state index in [-0.39, 0.29) is 89.7 Å². The Kier molecular flexibility index (Phi) is 33.9. The van der Waals surface area contributed by atoms with Gasteiger partial charge in [-0.1, -0.05) is 318 Å². The summed E-state index contributed by atoms with van der Waals surface area (Å²) in [5, 5.41) is 44.6. The topological polar surface area (TPSA) is 131 Å². The van der Waals surface area contributed by atoms with Gasteiger partial charge in [-0.05, 0) is 279 Å². The number of fused-ring (bicyclic) bond motifs is 7. The number of allylic oxidation sites excluding steroid dienone is 2. The number of rotatable bonds is 11. The van der Waals surface area contributed by atoms with Crippen LogP contribution in [0.15, 0.2) is 145 Å². The Morgan fingerprint density at radius 2 is 0.763 bits per heavy atom. The Hall–Kier alpha value is -9.33. The van der Waals surface area contributed by atoms with Gasteiger partial charge in [0, 0.05) is 98.1 Å². The number of hydrogen-bond donors (Lipinski definition) is 5. The molecule has 2 unspecified atom stereocenters. The van der Waals surface area contributed by atoms with Crippen molar-refractivity contribution in [1.82, 2.24) is 23.7 Å². The number of aliphatic hydroxyl groups excluding tert-OH is 3. The predicted molar refractivity (Wildman–Crippen MR) is 580 cm³/mol. The van der Waals surface area contributed by atoms with Crippen molar-refractivity contribution in [3.05, 3.63) is 257 Å². The summed E-state index contributed by atoms with van der Waals surface area (Å²) < 4.78 is 88.8. The van der Waals surface area contributed by atoms with E-state index in [2.05, 4.69) is 318 Å². The summed E-state index contributed by atoms with van der Waals surface area (Å²) in [5.74, 6) is -0.385. The number of alkyl halides is 3. The number of H-pyrrole nitrogens is 2. The van der Waals surface area contributed by atoms with Gasteiger partial charge < -0.3 is 39.0 Å². The number of nitriles is 1. The van der Waals surface area contributed by atoms with Gasteiger partial charge in [0.25, 0.3) is 0 Å². The highest BCUT2D eigenvalue weighted by molar-refractivity contribution is 5.87. The minimum atomic E-state index is -4.31. The van der Waals surface area contributed by atoms with E-state index in [1.807, 2.05) is 64.4 Å². The van der Waals surface area contributed by atoms with Crippen LogP contribution in [0, 0.1) is 39.6 Å². The molecule has 12 aromatic rings. The van der Waals surface area contributed by atoms with E-state index in [0.717, 1.165) is 99.5 Å². The fourth-order valence-corrected chi connectivity index (χ4v) is 18.9. The Morgan fingerprint density at radius 3 is 1.15 bits per heavy atom. The van der Waals surface area contributed by atoms with E-state index in [1.54, 1.807) is 57.3 Å². The molecule has 0 bridgehead atoms. The molecule has 1 fully saturated rings. The molecule has 15 heteroatoms. The highest BCUT2D eigenvalue weighted by Crippen LogP contribution is 2.55. The highest BCUT2D eigenvalue weighted by atomic mass is 19.4. The van der Waals surface area contributed by atoms with Crippen molar-refractivity contribution in [2.75, 3.05) is 6.61 Å². The van der Waals surface area contributed by atoms with E-state index in [9.17, 15) is 46.9 Å². The zero-order chi connectivity index (χ0) is 105. The number of aromatic nitrogens is 5. The Labute approximate surface area is 832 Å². The van der Waals surface area contributed by atoms with E-state index >= 15 is 0 Å². The van der Waals surface area contributed by atoms with Crippen LogP contribution in [-0.2, 0) is 98.2 Å². The molecule has 5 N–H and O–H groups in total. The molecular weight excluding hydrogens is 1740 g/mol. The number of nitrogens with zero attached hydrogens (tertiary/aromatic N) is 4. The molecule has 139 heavy (non-hydrogen) atoms. The van der Waals surface area contributed by atoms with Crippen molar-refractivity contribution in [1.29, 1.82) is 5.26 Å². The number of halogens is 6. The summed E-state index contributed by atoms with van der Waals surface area (Å²) >= 11 is 0. The molecule has 0 aliphatic heterocycles. The third-order valence-corrected chi connectivity index (χ3v) is 27.6. The second-order valence-corrected chi connectivity index (χ2v) is 52.5. The van der Waals surface area contributed by atoms with Crippen LogP contribution in [0.1, 0.15) is 404 Å². The standard InChI is InChI=1S/C21H32FNO.C21H33NO.C18H26FNO.C18H23N.C17H21F.C16H23N.C13H14F3N/c1-8-9-15(24)13-23-18-12-17(22)16(20(2,3)4)10-14(18)11-19(23)21(5,6)7;1-8-9-17(23)14-22-18-11-10-16(20(2,3)4)12-15(18)13-19(22)21(5,6)7;1-17(2,3)13-9-12-10-16(18(4,5)6)20(7-8-21)15(12)11-14(13)19;1-17(2,3)14-7-12-8-15(18(4,5)6)10-16(12)13(9-14)11-19;1-16(2,3)14-9-11-7-13(17(4)5-6-17)8-12(11)10-15(14)18;1-15(2,3)12-9-11-7-8-17-14(11)10-13(12)16(4,5)6;1-12(2,3)9-7-11-8(4-5-17-11)6-10(9)13(14,15)16/h10-12,15,24H,8-9,13H2,1-7H3;10-13,17,23H,8-9,14H2,1-7H3;9-11,21H,7-8H2,1-6H3;7-9H,10H2,1-6H3;7,9-10H,5-6,8H2,1-4H3;7-10,17H,1-6H3;4-7,17H,1-3H3. The maximum absolute atomic E-state index is 14.7. The summed E-state index contributed by atoms with van der Waals surface area (Å²) in [4.78, 5) is 6.25. The van der Waals surface area contributed by atoms with Crippen molar-refractivity contribution in [2.45, 2.75) is 419 Å². The minimum Gasteiger partial charge on any atom is -0.395 e. The van der Waals surface area contributed by atoms with Crippen molar-refractivity contribution >= 4 is 66.7 Å². The zero-order valence-electron chi connectivity index (χ0n) is 92.4. The molecule has 15 rings (SSSR count). The number of hydrogen-bond acceptors (Lipinski definition) is 4. The number of aromatic amines is 2. The van der Waals surface area contributed by atoms with Gasteiger partial charge in [-0.15, -0.1) is 0 Å². The van der Waals surface area contributed by atoms with Crippen molar-refractivity contribution in [2.24, 2.45) is 10.8 Å². The maximum Gasteiger partial charge on any atom is 0.416 e. The van der Waals surface area contributed by atoms with Gasteiger partial charge in [-0.2, -0.15) is 18.4 Å². The molecule has 0 amide bonds. The third-order valence-electron chi connectivity index (χ3n) is 27.6. The monoisotopic (exact) mass is 1910 g/mol. The quantitative estimate of drug-likeness (QED) is 0.0826. The Bertz CT molecular complexity index is 6240. The van der Waals surface area contributed by atoms with Gasteiger partial charge in [0.2, 0.25) is 0 Å². The first-order valence-corrected chi connectivity index (χ1v) is 50.8. The molecule has 5 heterocycles. The van der Waals surface area contributed by atoms with Crippen LogP contribution in [0.25, 0.3) is 66.7 Å². The fourth-order valence-electron chi connectivity index (χ4n) is 18.9. The average molecular weight is 1910 g/mol. The molecule has 758 valence electrons. The molecule has 2 atom stereocenters. The van der Waals surface area contributed by atoms with Crippen molar-refractivity contribution in [3.8, 4) is 6.07 Å². The lowest BCUT2D eigenvalue weighted by atomic mass is 9.75. The van der Waals surface area contributed by atoms with Gasteiger partial charge in [-0.25, -0.2) is 13.2 Å². The number of nitrogens with one attached hydrogen (secondary N) is 2. The first-order valence-electron chi connectivity index (χ1n) is 50.8. The van der Waals surface area contributed by atoms with Crippen molar-refractivity contribution < 1.29 is 41.7 Å². The summed E-state index contributed by atoms with van der Waals surface area (Å²) in [6.45, 7) is 85.3. The lowest BCUT2D eigenvalue weighted by Gasteiger charge is -2.30. The van der Waals surface area contributed by atoms with E-state index < -0.39 is 23.3 Å². The van der Waals surface area contributed by atoms with Gasteiger partial charge in [0.15, 0.2) is 0 Å². The molecule has 7 aromatic carbocycles. The predicted octanol–water partition coefficient (Wildman–Crippen LogP) is 34.3. The Balaban J connectivity index is 0.000000182. The lowest BCUT2D eigenvalue weighted by molar-refractivity contribution is -0.138. The number of benzene rings is 7. The van der Waals surface area contributed by atoms with Crippen LogP contribution in [0.5, 0.6) is 0 Å². The normalized spacial score (nSPS) is 14.8. The molecule has 0 saturated heterocycles. The average Bonchev–Trinajstić information content (AvgIpc) is 1.66. The maximum atomic E-state index is 14.7. The van der Waals surface area contributed by atoms with Crippen LogP contribution in [0.3, 0.4) is 0 Å². The highest BCUT2D eigenvalue weighted by Gasteiger charge is 2.43. The van der Waals surface area contributed by atoms with E-state index in [4.69, 9.17) is 0 Å². The van der Waals surface area contributed by atoms with Crippen LogP contribution in [0.2, 0.25) is 0 Å². The summed E-state index contributed by atoms with van der Waals surface area (Å²) in [7, 11) is 0. The van der Waals surface area contributed by atoms with Crippen LogP contribution < -0.4 is 0 Å². The fraction of sp³-hybridized carbons (Fsp3) is 0.540. The van der Waals surface area contributed by atoms with Crippen LogP contribution >= 0.6 is 0 Å². The van der Waals surface area contributed by atoms with Crippen LogP contribution in [-0.4, -0.2) is 57.8 Å². The molecule has 3 aliphatic rings. The van der Waals surface area contributed by atoms with Gasteiger partial charge in [-0.3, -0.25) is 0 Å². The third kappa shape index (κ3) is 28.0. The molecule has 9 nitrogen and oxygen atoms in total. The Morgan fingerprint density at radius 1 is 0.381 bits per heavy atom. The largest absolute Gasteiger partial charge is 0.416 e. The number of aliphatic hydroxyl groups is 3. The smallest absolute Gasteiger partial charge is 0.395 e. The van der Waals surface area contributed by atoms with E-state index in [0.29, 0.717) is 36.0 Å². The molecule has 1 saturated carbocycles. The van der Waals surface area contributed by atoms with Gasteiger partial charge >= 0.3 is 6.18 Å². The second-order valence-electron chi connectivity index (χ2n) is 52.5. The second kappa shape index (κ2) is 41.5. The first-order chi connectivity index (χ1) is 63.3. The van der Waals surface area contributed by atoms with Gasteiger partial charge in [0.05, 0.1) is 47.0 Å². The first kappa shape index (κ1) is 113. The van der Waals surface area contributed by atoms with E-state index in [1.165, 1.54) is 102 Å². The summed E-state index contributed by atoms with van der Waals surface area (Å²) in [5.41, 5.74) is 24.7. The lowest BCUT2D eigenvalue weighted by Crippen LogP contribution is -2.23. The summed E-state index contributed by atoms with van der Waals surface area (Å²) in [6.07, 6.45) is 11.3. The van der Waals surface area contributed by atoms with Gasteiger partial charge in [0.1, 0.15) is 17.5 Å². The molecule has 5 aromatic heterocycles. The molecule has 3 aliphatic carbocycles. The zero-order valence-corrected chi connectivity index (χ0v) is 92.4. The summed E-state index contributed by atoms with van der Waals surface area (Å²) in [6, 6.07) is 42.3. The van der Waals surface area contributed by atoms with Crippen molar-refractivity contribution in [3.63, 3.8) is 0 Å². The van der Waals surface area contributed by atoms with Crippen LogP contribution in [0.4, 0.5) is 26.3 Å².